The molecule has 1 heterocycles. The van der Waals surface area contributed by atoms with Crippen LogP contribution in [0.4, 0.5) is 15.9 Å². The smallest absolute Gasteiger partial charge is 0.269 e. The highest BCUT2D eigenvalue weighted by Crippen LogP contribution is 2.30. The normalized spacial score (nSPS) is 11.8. The molecule has 0 fully saturated rings. The molecular formula is C24H24FN5O3. The zero-order chi connectivity index (χ0) is 24.3. The summed E-state index contributed by atoms with van der Waals surface area (Å²) in [4.78, 5) is 25.3. The molecule has 3 rings (SSSR count). The Bertz CT molecular complexity index is 1260. The van der Waals surface area contributed by atoms with Crippen LogP contribution >= 0.6 is 0 Å². The predicted molar refractivity (Wildman–Crippen MR) is 123 cm³/mol. The van der Waals surface area contributed by atoms with Crippen LogP contribution in [-0.2, 0) is 4.79 Å². The number of nitriles is 1. The topological polar surface area (TPSA) is 104 Å². The van der Waals surface area contributed by atoms with E-state index in [2.05, 4.69) is 11.4 Å². The van der Waals surface area contributed by atoms with Crippen molar-refractivity contribution in [3.8, 4) is 11.8 Å². The molecule has 0 aliphatic heterocycles. The van der Waals surface area contributed by atoms with Crippen molar-refractivity contribution in [3.05, 3.63) is 86.8 Å². The first-order chi connectivity index (χ1) is 15.6. The van der Waals surface area contributed by atoms with E-state index in [4.69, 9.17) is 0 Å². The lowest BCUT2D eigenvalue weighted by Gasteiger charge is -2.24. The maximum Gasteiger partial charge on any atom is 0.269 e. The zero-order valence-electron chi connectivity index (χ0n) is 18.8. The predicted octanol–water partition coefficient (Wildman–Crippen LogP) is 4.64. The van der Waals surface area contributed by atoms with Gasteiger partial charge in [-0.15, -0.1) is 0 Å². The van der Waals surface area contributed by atoms with Crippen molar-refractivity contribution in [1.29, 1.82) is 5.26 Å². The van der Waals surface area contributed by atoms with E-state index in [1.807, 2.05) is 6.92 Å². The number of likely N-dealkylation sites (N-methyl/N-ethyl adjacent to an activating group) is 1. The van der Waals surface area contributed by atoms with Crippen LogP contribution < -0.4 is 5.32 Å². The molecule has 9 heteroatoms. The van der Waals surface area contributed by atoms with Crippen LogP contribution in [0.25, 0.3) is 5.69 Å². The molecule has 8 nitrogen and oxygen atoms in total. The summed E-state index contributed by atoms with van der Waals surface area (Å²) in [6, 6.07) is 14.0. The maximum atomic E-state index is 13.9. The highest BCUT2D eigenvalue weighted by atomic mass is 19.1. The highest BCUT2D eigenvalue weighted by Gasteiger charge is 2.23. The van der Waals surface area contributed by atoms with Gasteiger partial charge in [-0.2, -0.15) is 5.26 Å². The fourth-order valence-corrected chi connectivity index (χ4v) is 3.69. The molecule has 0 spiro atoms. The molecule has 3 aromatic rings. The van der Waals surface area contributed by atoms with Gasteiger partial charge in [0.15, 0.2) is 0 Å². The van der Waals surface area contributed by atoms with E-state index >= 15 is 0 Å². The van der Waals surface area contributed by atoms with Gasteiger partial charge in [-0.1, -0.05) is 18.2 Å². The molecule has 0 aliphatic carbocycles. The van der Waals surface area contributed by atoms with Gasteiger partial charge in [0.2, 0.25) is 5.91 Å². The van der Waals surface area contributed by atoms with E-state index in [9.17, 15) is 24.6 Å². The van der Waals surface area contributed by atoms with Crippen molar-refractivity contribution in [2.45, 2.75) is 26.8 Å². The van der Waals surface area contributed by atoms with E-state index in [1.54, 1.807) is 54.6 Å². The Morgan fingerprint density at radius 3 is 2.61 bits per heavy atom. The zero-order valence-corrected chi connectivity index (χ0v) is 18.8. The number of amides is 1. The van der Waals surface area contributed by atoms with Crippen LogP contribution in [0.5, 0.6) is 0 Å². The van der Waals surface area contributed by atoms with Gasteiger partial charge < -0.3 is 5.32 Å². The number of nitrogens with zero attached hydrogens (tertiary/aromatic N) is 4. The highest BCUT2D eigenvalue weighted by molar-refractivity contribution is 5.93. The van der Waals surface area contributed by atoms with Crippen LogP contribution in [0.1, 0.15) is 35.3 Å². The third-order valence-electron chi connectivity index (χ3n) is 5.77. The van der Waals surface area contributed by atoms with Gasteiger partial charge in [0.05, 0.1) is 22.7 Å². The number of rotatable bonds is 7. The molecule has 1 amide bonds. The number of benzene rings is 2. The number of carbonyl (C=O) groups is 1. The molecule has 1 unspecified atom stereocenters. The lowest BCUT2D eigenvalue weighted by molar-refractivity contribution is -0.384. The lowest BCUT2D eigenvalue weighted by atomic mass is 10.1. The minimum absolute atomic E-state index is 0.0188. The quantitative estimate of drug-likeness (QED) is 0.418. The van der Waals surface area contributed by atoms with E-state index in [-0.39, 0.29) is 30.0 Å². The second-order valence-electron chi connectivity index (χ2n) is 7.85. The molecule has 1 N–H and O–H groups in total. The molecule has 1 atom stereocenters. The van der Waals surface area contributed by atoms with Gasteiger partial charge in [-0.25, -0.2) is 4.39 Å². The fourth-order valence-electron chi connectivity index (χ4n) is 3.69. The van der Waals surface area contributed by atoms with Gasteiger partial charge in [-0.3, -0.25) is 24.4 Å². The molecule has 170 valence electrons. The maximum absolute atomic E-state index is 13.9. The number of halogens is 1. The number of hydrogen-bond acceptors (Lipinski definition) is 5. The summed E-state index contributed by atoms with van der Waals surface area (Å²) in [7, 11) is 1.73. The molecule has 0 aliphatic rings. The van der Waals surface area contributed by atoms with Crippen LogP contribution in [0.3, 0.4) is 0 Å². The van der Waals surface area contributed by atoms with Crippen molar-refractivity contribution in [3.63, 3.8) is 0 Å². The Kier molecular flexibility index (Phi) is 6.89. The van der Waals surface area contributed by atoms with Gasteiger partial charge in [0.25, 0.3) is 5.69 Å². The summed E-state index contributed by atoms with van der Waals surface area (Å²) in [6.07, 6.45) is 0. The average Bonchev–Trinajstić information content (AvgIpc) is 3.01. The first-order valence-electron chi connectivity index (χ1n) is 10.3. The number of anilines is 1. The van der Waals surface area contributed by atoms with Gasteiger partial charge in [0.1, 0.15) is 17.7 Å². The number of aromatic nitrogens is 1. The molecule has 1 aromatic heterocycles. The molecule has 0 saturated heterocycles. The number of non-ortho nitro benzene ring substituents is 1. The SMILES string of the molecule is Cc1c(C#N)c(NC(=O)CN(C)C(C)c2cccc([N+](=O)[O-])c2)n(-c2cccc(F)c2)c1C. The van der Waals surface area contributed by atoms with Gasteiger partial charge >= 0.3 is 0 Å². The van der Waals surface area contributed by atoms with Crippen LogP contribution in [-0.4, -0.2) is 33.9 Å². The van der Waals surface area contributed by atoms with E-state index in [0.29, 0.717) is 28.1 Å². The number of nitrogens with one attached hydrogen (secondary N) is 1. The first kappa shape index (κ1) is 23.6. The summed E-state index contributed by atoms with van der Waals surface area (Å²) < 4.78 is 15.5. The largest absolute Gasteiger partial charge is 0.310 e. The molecule has 33 heavy (non-hydrogen) atoms. The Balaban J connectivity index is 1.86. The minimum Gasteiger partial charge on any atom is -0.310 e. The Hall–Kier alpha value is -4.03. The van der Waals surface area contributed by atoms with E-state index < -0.39 is 10.7 Å². The third-order valence-corrected chi connectivity index (χ3v) is 5.77. The van der Waals surface area contributed by atoms with Crippen molar-refractivity contribution in [2.24, 2.45) is 0 Å². The molecule has 0 radical (unpaired) electrons. The van der Waals surface area contributed by atoms with E-state index in [0.717, 1.165) is 0 Å². The number of carbonyl (C=O) groups excluding carboxylic acids is 1. The van der Waals surface area contributed by atoms with E-state index in [1.165, 1.54) is 24.3 Å². The fraction of sp³-hybridized carbons (Fsp3) is 0.250. The standard InChI is InChI=1S/C24H24FN5O3/c1-15-16(2)29(20-9-6-8-19(25)12-20)24(22(15)13-26)27-23(31)14-28(4)17(3)18-7-5-10-21(11-18)30(32)33/h5-12,17H,14H2,1-4H3,(H,27,31). The summed E-state index contributed by atoms with van der Waals surface area (Å²) in [5.74, 6) is -0.527. The first-order valence-corrected chi connectivity index (χ1v) is 10.3. The van der Waals surface area contributed by atoms with Gasteiger partial charge in [-0.05, 0) is 57.1 Å². The third kappa shape index (κ3) is 4.91. The summed E-state index contributed by atoms with van der Waals surface area (Å²) in [5.41, 5.74) is 2.88. The molecule has 2 aromatic carbocycles. The summed E-state index contributed by atoms with van der Waals surface area (Å²) in [5, 5.41) is 23.6. The second-order valence-corrected chi connectivity index (χ2v) is 7.85. The van der Waals surface area contributed by atoms with Crippen molar-refractivity contribution < 1.29 is 14.1 Å². The monoisotopic (exact) mass is 449 g/mol. The average molecular weight is 449 g/mol. The minimum atomic E-state index is -0.461. The van der Waals surface area contributed by atoms with Crippen LogP contribution in [0, 0.1) is 41.1 Å². The lowest BCUT2D eigenvalue weighted by Crippen LogP contribution is -2.32. The van der Waals surface area contributed by atoms with Crippen molar-refractivity contribution in [1.82, 2.24) is 9.47 Å². The molecule has 0 bridgehead atoms. The van der Waals surface area contributed by atoms with Gasteiger partial charge in [0, 0.05) is 23.9 Å². The summed E-state index contributed by atoms with van der Waals surface area (Å²) >= 11 is 0. The van der Waals surface area contributed by atoms with Crippen molar-refractivity contribution in [2.75, 3.05) is 18.9 Å². The Labute approximate surface area is 191 Å². The molecule has 0 saturated carbocycles. The molecular weight excluding hydrogens is 425 g/mol. The number of nitro benzene ring substituents is 1. The summed E-state index contributed by atoms with van der Waals surface area (Å²) in [6.45, 7) is 5.39. The number of nitro groups is 1. The Morgan fingerprint density at radius 1 is 1.27 bits per heavy atom. The van der Waals surface area contributed by atoms with Crippen LogP contribution in [0.15, 0.2) is 48.5 Å². The second kappa shape index (κ2) is 9.63. The number of hydrogen-bond donors (Lipinski definition) is 1. The Morgan fingerprint density at radius 2 is 1.97 bits per heavy atom. The van der Waals surface area contributed by atoms with Crippen LogP contribution in [0.2, 0.25) is 0 Å². The van der Waals surface area contributed by atoms with Crippen molar-refractivity contribution >= 4 is 17.4 Å².